The predicted octanol–water partition coefficient (Wildman–Crippen LogP) is 4.52. The Hall–Kier alpha value is -1.54. The normalized spacial score (nSPS) is 12.2. The van der Waals surface area contributed by atoms with E-state index in [0.717, 1.165) is 5.69 Å². The summed E-state index contributed by atoms with van der Waals surface area (Å²) in [7, 11) is 0. The topological polar surface area (TPSA) is 24.9 Å². The van der Waals surface area contributed by atoms with Crippen molar-refractivity contribution in [3.05, 3.63) is 58.4 Å². The number of hydrogen-bond donors (Lipinski definition) is 1. The number of anilines is 1. The van der Waals surface area contributed by atoms with E-state index in [-0.39, 0.29) is 6.04 Å². The van der Waals surface area contributed by atoms with Gasteiger partial charge in [-0.25, -0.2) is 4.98 Å². The number of benzene rings is 1. The van der Waals surface area contributed by atoms with Gasteiger partial charge in [-0.2, -0.15) is 0 Å². The lowest BCUT2D eigenvalue weighted by Crippen LogP contribution is -2.09. The highest BCUT2D eigenvalue weighted by molar-refractivity contribution is 6.31. The number of hydrogen-bond acceptors (Lipinski definition) is 2. The van der Waals surface area contributed by atoms with Gasteiger partial charge in [0.25, 0.3) is 0 Å². The molecule has 0 amide bonds. The molecule has 0 bridgehead atoms. The fourth-order valence-corrected chi connectivity index (χ4v) is 2.21. The summed E-state index contributed by atoms with van der Waals surface area (Å²) in [4.78, 5) is 4.07. The van der Waals surface area contributed by atoms with Crippen LogP contribution in [0, 0.1) is 13.8 Å². The second-order valence-corrected chi connectivity index (χ2v) is 4.93. The molecule has 1 N–H and O–H groups in total. The van der Waals surface area contributed by atoms with Gasteiger partial charge in [0, 0.05) is 12.2 Å². The molecule has 1 aromatic heterocycles. The summed E-state index contributed by atoms with van der Waals surface area (Å²) < 4.78 is 0. The predicted molar refractivity (Wildman–Crippen MR) is 77.2 cm³/mol. The number of nitrogens with one attached hydrogen (secondary N) is 1. The summed E-state index contributed by atoms with van der Waals surface area (Å²) in [5, 5.41) is 3.91. The van der Waals surface area contributed by atoms with Crippen molar-refractivity contribution < 1.29 is 0 Å². The molecule has 0 aliphatic carbocycles. The fraction of sp³-hybridized carbons (Fsp3) is 0.267. The molecule has 2 rings (SSSR count). The van der Waals surface area contributed by atoms with Crippen LogP contribution in [0.15, 0.2) is 36.5 Å². The van der Waals surface area contributed by atoms with Crippen LogP contribution in [-0.4, -0.2) is 4.98 Å². The van der Waals surface area contributed by atoms with E-state index in [4.69, 9.17) is 11.6 Å². The smallest absolute Gasteiger partial charge is 0.152 e. The van der Waals surface area contributed by atoms with E-state index in [1.54, 1.807) is 6.20 Å². The molecule has 1 heterocycles. The van der Waals surface area contributed by atoms with Crippen LogP contribution in [-0.2, 0) is 0 Å². The molecule has 1 atom stereocenters. The van der Waals surface area contributed by atoms with Crippen molar-refractivity contribution in [1.82, 2.24) is 4.98 Å². The zero-order chi connectivity index (χ0) is 13.1. The molecule has 0 aliphatic rings. The van der Waals surface area contributed by atoms with Crippen molar-refractivity contribution in [3.63, 3.8) is 0 Å². The average Bonchev–Trinajstić information content (AvgIpc) is 2.35. The molecule has 1 unspecified atom stereocenters. The molecule has 0 aliphatic heterocycles. The number of halogens is 1. The molecule has 2 nitrogen and oxygen atoms in total. The van der Waals surface area contributed by atoms with Gasteiger partial charge in [0.1, 0.15) is 0 Å². The van der Waals surface area contributed by atoms with Crippen LogP contribution in [0.5, 0.6) is 0 Å². The molecule has 94 valence electrons. The van der Waals surface area contributed by atoms with E-state index in [1.807, 2.05) is 12.1 Å². The van der Waals surface area contributed by atoms with Crippen LogP contribution in [0.3, 0.4) is 0 Å². The monoisotopic (exact) mass is 260 g/mol. The Labute approximate surface area is 113 Å². The molecule has 3 heteroatoms. The molecule has 0 saturated carbocycles. The Kier molecular flexibility index (Phi) is 3.87. The van der Waals surface area contributed by atoms with Crippen LogP contribution < -0.4 is 5.32 Å². The summed E-state index contributed by atoms with van der Waals surface area (Å²) in [5.41, 5.74) is 4.70. The Balaban J connectivity index is 2.25. The lowest BCUT2D eigenvalue weighted by atomic mass is 10.00. The first kappa shape index (κ1) is 12.9. The summed E-state index contributed by atoms with van der Waals surface area (Å²) >= 11 is 6.05. The van der Waals surface area contributed by atoms with Gasteiger partial charge < -0.3 is 5.32 Å². The maximum absolute atomic E-state index is 6.05. The quantitative estimate of drug-likeness (QED) is 0.821. The number of aromatic nitrogens is 1. The fourth-order valence-electron chi connectivity index (χ4n) is 2.03. The van der Waals surface area contributed by atoms with Crippen molar-refractivity contribution in [2.24, 2.45) is 0 Å². The van der Waals surface area contributed by atoms with Gasteiger partial charge in [-0.3, -0.25) is 0 Å². The summed E-state index contributed by atoms with van der Waals surface area (Å²) in [6, 6.07) is 10.5. The van der Waals surface area contributed by atoms with Gasteiger partial charge in [0.15, 0.2) is 5.15 Å². The highest BCUT2D eigenvalue weighted by atomic mass is 35.5. The molecule has 18 heavy (non-hydrogen) atoms. The van der Waals surface area contributed by atoms with Gasteiger partial charge in [-0.1, -0.05) is 35.4 Å². The first-order valence-corrected chi connectivity index (χ1v) is 6.40. The van der Waals surface area contributed by atoms with E-state index in [9.17, 15) is 0 Å². The largest absolute Gasteiger partial charge is 0.376 e. The van der Waals surface area contributed by atoms with E-state index < -0.39 is 0 Å². The van der Waals surface area contributed by atoms with Crippen LogP contribution >= 0.6 is 11.6 Å². The number of rotatable bonds is 3. The van der Waals surface area contributed by atoms with Crippen LogP contribution in [0.2, 0.25) is 5.15 Å². The number of pyridine rings is 1. The Morgan fingerprint density at radius 3 is 2.72 bits per heavy atom. The zero-order valence-electron chi connectivity index (χ0n) is 10.9. The van der Waals surface area contributed by atoms with Gasteiger partial charge in [-0.15, -0.1) is 0 Å². The van der Waals surface area contributed by atoms with Crippen molar-refractivity contribution in [1.29, 1.82) is 0 Å². The van der Waals surface area contributed by atoms with Crippen LogP contribution in [0.25, 0.3) is 0 Å². The van der Waals surface area contributed by atoms with E-state index in [0.29, 0.717) is 5.15 Å². The third-order valence-electron chi connectivity index (χ3n) is 3.03. The molecule has 0 radical (unpaired) electrons. The minimum atomic E-state index is 0.201. The highest BCUT2D eigenvalue weighted by Crippen LogP contribution is 2.26. The first-order valence-electron chi connectivity index (χ1n) is 6.02. The van der Waals surface area contributed by atoms with Crippen molar-refractivity contribution >= 4 is 17.3 Å². The van der Waals surface area contributed by atoms with E-state index in [1.165, 1.54) is 16.7 Å². The Morgan fingerprint density at radius 2 is 2.00 bits per heavy atom. The van der Waals surface area contributed by atoms with Crippen molar-refractivity contribution in [2.75, 3.05) is 5.32 Å². The van der Waals surface area contributed by atoms with E-state index in [2.05, 4.69) is 49.3 Å². The average molecular weight is 261 g/mol. The number of nitrogens with zero attached hydrogens (tertiary/aromatic N) is 1. The third kappa shape index (κ3) is 2.82. The first-order chi connectivity index (χ1) is 8.58. The lowest BCUT2D eigenvalue weighted by Gasteiger charge is -2.18. The molecular formula is C15H17ClN2. The van der Waals surface area contributed by atoms with Gasteiger partial charge in [0.05, 0.1) is 5.69 Å². The van der Waals surface area contributed by atoms with Gasteiger partial charge in [0.2, 0.25) is 0 Å². The van der Waals surface area contributed by atoms with Gasteiger partial charge in [-0.05, 0) is 44.0 Å². The Bertz CT molecular complexity index is 552. The molecule has 1 aromatic carbocycles. The maximum Gasteiger partial charge on any atom is 0.152 e. The SMILES string of the molecule is Cc1ccc(C)c(C(C)Nc2cccnc2Cl)c1. The highest BCUT2D eigenvalue weighted by Gasteiger charge is 2.10. The maximum atomic E-state index is 6.05. The lowest BCUT2D eigenvalue weighted by molar-refractivity contribution is 0.870. The molecule has 0 saturated heterocycles. The summed E-state index contributed by atoms with van der Waals surface area (Å²) in [6.07, 6.45) is 1.69. The third-order valence-corrected chi connectivity index (χ3v) is 3.33. The minimum absolute atomic E-state index is 0.201. The van der Waals surface area contributed by atoms with E-state index >= 15 is 0 Å². The second-order valence-electron chi connectivity index (χ2n) is 4.57. The molecule has 2 aromatic rings. The van der Waals surface area contributed by atoms with Crippen molar-refractivity contribution in [2.45, 2.75) is 26.8 Å². The molecule has 0 spiro atoms. The molecule has 0 fully saturated rings. The minimum Gasteiger partial charge on any atom is -0.376 e. The number of aryl methyl sites for hydroxylation is 2. The second kappa shape index (κ2) is 5.40. The van der Waals surface area contributed by atoms with Gasteiger partial charge >= 0.3 is 0 Å². The molecular weight excluding hydrogens is 244 g/mol. The zero-order valence-corrected chi connectivity index (χ0v) is 11.6. The van der Waals surface area contributed by atoms with Crippen LogP contribution in [0.4, 0.5) is 5.69 Å². The van der Waals surface area contributed by atoms with Crippen molar-refractivity contribution in [3.8, 4) is 0 Å². The summed E-state index contributed by atoms with van der Waals surface area (Å²) in [5.74, 6) is 0. The summed E-state index contributed by atoms with van der Waals surface area (Å²) in [6.45, 7) is 6.36. The van der Waals surface area contributed by atoms with Crippen LogP contribution in [0.1, 0.15) is 29.7 Å². The standard InChI is InChI=1S/C15H17ClN2/c1-10-6-7-11(2)13(9-10)12(3)18-14-5-4-8-17-15(14)16/h4-9,12,18H,1-3H3. The Morgan fingerprint density at radius 1 is 1.22 bits per heavy atom.